The van der Waals surface area contributed by atoms with E-state index in [-0.39, 0.29) is 18.0 Å². The number of aromatic amines is 1. The van der Waals surface area contributed by atoms with Crippen LogP contribution in [0.25, 0.3) is 10.9 Å². The van der Waals surface area contributed by atoms with E-state index >= 15 is 0 Å². The molecule has 0 fully saturated rings. The van der Waals surface area contributed by atoms with Crippen LogP contribution in [0.5, 0.6) is 5.75 Å². The molecular formula is C20H17Cl2FN4O3S. The van der Waals surface area contributed by atoms with Crippen molar-refractivity contribution in [3.63, 3.8) is 0 Å². The zero-order valence-electron chi connectivity index (χ0n) is 16.0. The topological polar surface area (TPSA) is 89.0 Å². The Balaban J connectivity index is 1.53. The van der Waals surface area contributed by atoms with Crippen LogP contribution in [-0.2, 0) is 16.6 Å². The fourth-order valence-electron chi connectivity index (χ4n) is 3.10. The molecule has 4 aromatic rings. The van der Waals surface area contributed by atoms with E-state index in [0.29, 0.717) is 33.9 Å². The molecule has 0 amide bonds. The number of anilines is 1. The predicted octanol–water partition coefficient (Wildman–Crippen LogP) is 5.08. The molecule has 7 nitrogen and oxygen atoms in total. The highest BCUT2D eigenvalue weighted by molar-refractivity contribution is 7.92. The Morgan fingerprint density at radius 2 is 2.00 bits per heavy atom. The molecular weight excluding hydrogens is 466 g/mol. The molecule has 4 rings (SSSR count). The van der Waals surface area contributed by atoms with Gasteiger partial charge in [0.05, 0.1) is 27.9 Å². The molecule has 0 atom stereocenters. The minimum atomic E-state index is -4.25. The van der Waals surface area contributed by atoms with E-state index in [1.807, 2.05) is 6.20 Å². The van der Waals surface area contributed by atoms with Gasteiger partial charge in [0.15, 0.2) is 11.6 Å². The maximum absolute atomic E-state index is 14.9. The number of ether oxygens (including phenoxy) is 1. The monoisotopic (exact) mass is 482 g/mol. The summed E-state index contributed by atoms with van der Waals surface area (Å²) in [6.45, 7) is 0.798. The summed E-state index contributed by atoms with van der Waals surface area (Å²) < 4.78 is 50.3. The molecule has 0 unspecified atom stereocenters. The lowest BCUT2D eigenvalue weighted by Crippen LogP contribution is -2.15. The zero-order valence-corrected chi connectivity index (χ0v) is 18.3. The van der Waals surface area contributed by atoms with Crippen LogP contribution in [0.2, 0.25) is 10.0 Å². The number of benzene rings is 2. The Bertz CT molecular complexity index is 1320. The number of aromatic nitrogens is 3. The first-order valence-electron chi connectivity index (χ1n) is 9.23. The maximum Gasteiger partial charge on any atom is 0.265 e. The van der Waals surface area contributed by atoms with Gasteiger partial charge in [-0.2, -0.15) is 5.10 Å². The van der Waals surface area contributed by atoms with Crippen molar-refractivity contribution in [3.05, 3.63) is 70.9 Å². The summed E-state index contributed by atoms with van der Waals surface area (Å²) in [5, 5.41) is 5.25. The van der Waals surface area contributed by atoms with Crippen molar-refractivity contribution in [2.45, 2.75) is 17.9 Å². The molecule has 0 radical (unpaired) electrons. The molecule has 0 saturated carbocycles. The Hall–Kier alpha value is -2.75. The summed E-state index contributed by atoms with van der Waals surface area (Å²) in [5.41, 5.74) is 0.587. The number of halogens is 3. The first-order chi connectivity index (χ1) is 14.9. The number of hydrogen-bond donors (Lipinski definition) is 2. The van der Waals surface area contributed by atoms with Gasteiger partial charge in [-0.25, -0.2) is 12.8 Å². The number of H-pyrrole nitrogens is 1. The number of hydrogen-bond acceptors (Lipinski definition) is 4. The quantitative estimate of drug-likeness (QED) is 0.342. The van der Waals surface area contributed by atoms with Gasteiger partial charge in [-0.3, -0.25) is 9.40 Å². The fourth-order valence-corrected chi connectivity index (χ4v) is 4.83. The van der Waals surface area contributed by atoms with Crippen molar-refractivity contribution in [2.75, 3.05) is 11.3 Å². The second-order valence-corrected chi connectivity index (χ2v) is 9.09. The van der Waals surface area contributed by atoms with Gasteiger partial charge < -0.3 is 9.72 Å². The summed E-state index contributed by atoms with van der Waals surface area (Å²) in [5.74, 6) is -1.11. The first kappa shape index (κ1) is 21.5. The van der Waals surface area contributed by atoms with Crippen LogP contribution in [-0.4, -0.2) is 29.8 Å². The fraction of sp³-hybridized carbons (Fsp3) is 0.150. The normalized spacial score (nSPS) is 11.7. The van der Waals surface area contributed by atoms with Gasteiger partial charge in [-0.15, -0.1) is 0 Å². The van der Waals surface area contributed by atoms with Gasteiger partial charge in [0.1, 0.15) is 4.90 Å². The van der Waals surface area contributed by atoms with E-state index in [1.165, 1.54) is 36.5 Å². The number of sulfonamides is 1. The second-order valence-electron chi connectivity index (χ2n) is 6.63. The number of nitrogens with zero attached hydrogens (tertiary/aromatic N) is 2. The Morgan fingerprint density at radius 1 is 1.16 bits per heavy atom. The molecule has 11 heteroatoms. The Labute approximate surface area is 187 Å². The standard InChI is InChI=1S/C20H17Cl2FN4O3S/c21-13-6-7-15(20-18(13)14(22)12-24-20)26-31(28,29)17-5-1-4-16(19(17)23)30-11-3-10-27-9-2-8-25-27/h1-2,4-9,12,24,26H,3,10-11H2. The van der Waals surface area contributed by atoms with Crippen molar-refractivity contribution < 1.29 is 17.5 Å². The van der Waals surface area contributed by atoms with Crippen molar-refractivity contribution in [1.82, 2.24) is 14.8 Å². The number of fused-ring (bicyclic) bond motifs is 1. The lowest BCUT2D eigenvalue weighted by molar-refractivity contribution is 0.282. The summed E-state index contributed by atoms with van der Waals surface area (Å²) >= 11 is 12.2. The van der Waals surface area contributed by atoms with Crippen LogP contribution in [0.3, 0.4) is 0 Å². The molecule has 162 valence electrons. The lowest BCUT2D eigenvalue weighted by Gasteiger charge is -2.13. The van der Waals surface area contributed by atoms with Crippen molar-refractivity contribution in [1.29, 1.82) is 0 Å². The minimum Gasteiger partial charge on any atom is -0.490 e. The molecule has 0 aliphatic rings. The van der Waals surface area contributed by atoms with Gasteiger partial charge in [-0.05, 0) is 30.3 Å². The number of aryl methyl sites for hydroxylation is 1. The lowest BCUT2D eigenvalue weighted by atomic mass is 10.2. The Kier molecular flexibility index (Phi) is 6.08. The van der Waals surface area contributed by atoms with Gasteiger partial charge in [-0.1, -0.05) is 29.3 Å². The van der Waals surface area contributed by atoms with Crippen LogP contribution < -0.4 is 9.46 Å². The molecule has 2 aromatic carbocycles. The number of nitrogens with one attached hydrogen (secondary N) is 2. The van der Waals surface area contributed by atoms with Crippen molar-refractivity contribution in [3.8, 4) is 5.75 Å². The smallest absolute Gasteiger partial charge is 0.265 e. The third-order valence-corrected chi connectivity index (χ3v) is 6.54. The van der Waals surface area contributed by atoms with Crippen molar-refractivity contribution >= 4 is 49.8 Å². The number of rotatable bonds is 8. The molecule has 2 heterocycles. The van der Waals surface area contributed by atoms with E-state index in [1.54, 1.807) is 16.9 Å². The summed E-state index contributed by atoms with van der Waals surface area (Å²) in [6.07, 6.45) is 5.54. The van der Waals surface area contributed by atoms with Crippen LogP contribution in [0.15, 0.2) is 59.9 Å². The summed E-state index contributed by atoms with van der Waals surface area (Å²) in [4.78, 5) is 2.34. The molecule has 31 heavy (non-hydrogen) atoms. The average Bonchev–Trinajstić information content (AvgIpc) is 3.39. The SMILES string of the molecule is O=S(=O)(Nc1ccc(Cl)c2c(Cl)c[nH]c12)c1cccc(OCCCn2cccn2)c1F. The van der Waals surface area contributed by atoms with Crippen LogP contribution in [0.1, 0.15) is 6.42 Å². The highest BCUT2D eigenvalue weighted by atomic mass is 35.5. The molecule has 2 N–H and O–H groups in total. The highest BCUT2D eigenvalue weighted by Gasteiger charge is 2.23. The summed E-state index contributed by atoms with van der Waals surface area (Å²) in [7, 11) is -4.25. The van der Waals surface area contributed by atoms with Gasteiger partial charge >= 0.3 is 0 Å². The highest BCUT2D eigenvalue weighted by Crippen LogP contribution is 2.36. The largest absolute Gasteiger partial charge is 0.490 e. The third-order valence-electron chi connectivity index (χ3n) is 4.55. The van der Waals surface area contributed by atoms with E-state index in [0.717, 1.165) is 0 Å². The molecule has 0 aliphatic carbocycles. The first-order valence-corrected chi connectivity index (χ1v) is 11.5. The maximum atomic E-state index is 14.9. The minimum absolute atomic E-state index is 0.146. The predicted molar refractivity (Wildman–Crippen MR) is 118 cm³/mol. The van der Waals surface area contributed by atoms with Crippen molar-refractivity contribution in [2.24, 2.45) is 0 Å². The van der Waals surface area contributed by atoms with Crippen LogP contribution in [0.4, 0.5) is 10.1 Å². The molecule has 2 aromatic heterocycles. The van der Waals surface area contributed by atoms with Crippen LogP contribution in [0, 0.1) is 5.82 Å². The Morgan fingerprint density at radius 3 is 2.77 bits per heavy atom. The van der Waals surface area contributed by atoms with E-state index < -0.39 is 20.7 Å². The van der Waals surface area contributed by atoms with E-state index in [2.05, 4.69) is 14.8 Å². The third kappa shape index (κ3) is 4.48. The zero-order chi connectivity index (χ0) is 22.0. The average molecular weight is 483 g/mol. The van der Waals surface area contributed by atoms with E-state index in [9.17, 15) is 12.8 Å². The van der Waals surface area contributed by atoms with Gasteiger partial charge in [0.2, 0.25) is 0 Å². The van der Waals surface area contributed by atoms with Gasteiger partial charge in [0.25, 0.3) is 10.0 Å². The summed E-state index contributed by atoms with van der Waals surface area (Å²) in [6, 6.07) is 8.76. The van der Waals surface area contributed by atoms with Crippen LogP contribution >= 0.6 is 23.2 Å². The second kappa shape index (κ2) is 8.78. The molecule has 0 spiro atoms. The molecule has 0 aliphatic heterocycles. The molecule has 0 bridgehead atoms. The van der Waals surface area contributed by atoms with Gasteiger partial charge in [0, 0.05) is 36.9 Å². The molecule has 0 saturated heterocycles. The van der Waals surface area contributed by atoms with E-state index in [4.69, 9.17) is 27.9 Å².